The summed E-state index contributed by atoms with van der Waals surface area (Å²) in [5, 5.41) is 0.617. The maximum atomic E-state index is 9.88. The average molecular weight is 466 g/mol. The molecule has 2 saturated heterocycles. The number of aromatic nitrogens is 4. The summed E-state index contributed by atoms with van der Waals surface area (Å²) in [5.74, 6) is 0.918. The molecule has 0 amide bonds. The normalized spacial score (nSPS) is 27.5. The van der Waals surface area contributed by atoms with E-state index in [0.717, 1.165) is 5.56 Å². The molecule has 164 valence electrons. The zero-order valence-electron chi connectivity index (χ0n) is 16.4. The van der Waals surface area contributed by atoms with Gasteiger partial charge < -0.3 is 15.2 Å². The third-order valence-electron chi connectivity index (χ3n) is 5.16. The molecule has 2 aromatic heterocycles. The number of methoxy groups -OCH3 is 1. The molecule has 3 aromatic rings. The predicted octanol–water partition coefficient (Wildman–Crippen LogP) is 1.69. The molecule has 0 bridgehead atoms. The zero-order valence-corrected chi connectivity index (χ0v) is 18.1. The lowest BCUT2D eigenvalue weighted by atomic mass is 10.1. The van der Waals surface area contributed by atoms with Crippen LogP contribution in [0.1, 0.15) is 11.8 Å². The lowest BCUT2D eigenvalue weighted by Crippen LogP contribution is -2.41. The fourth-order valence-electron chi connectivity index (χ4n) is 3.75. The summed E-state index contributed by atoms with van der Waals surface area (Å²) < 4.78 is 24.0. The fourth-order valence-corrected chi connectivity index (χ4v) is 5.70. The molecule has 4 atom stereocenters. The standard InChI is InChI=1S/C18H21N5O6PS/c1-26-14-13-11(7-27-30(24,25)29-13)28-17(14)23-16-12(15(19)20-9-21-16)22-18(23)31-8-10-5-3-2-4-6-10/h2-6,9,11,13-14,17,24-25H,7-8H2,1H3,(H2,19,20,21)/q+1/t11-,13-,14?,17+/m0/s1. The van der Waals surface area contributed by atoms with Gasteiger partial charge in [0.05, 0.1) is 0 Å². The van der Waals surface area contributed by atoms with E-state index < -0.39 is 32.7 Å². The van der Waals surface area contributed by atoms with E-state index in [-0.39, 0.29) is 12.4 Å². The maximum Gasteiger partial charge on any atom is 0.570 e. The van der Waals surface area contributed by atoms with Crippen LogP contribution in [0.3, 0.4) is 0 Å². The number of nitrogens with two attached hydrogens (primary N) is 1. The fraction of sp³-hybridized carbons (Fsp3) is 0.389. The van der Waals surface area contributed by atoms with Crippen LogP contribution in [0.25, 0.3) is 11.2 Å². The van der Waals surface area contributed by atoms with Gasteiger partial charge in [-0.05, 0) is 5.56 Å². The molecule has 31 heavy (non-hydrogen) atoms. The second-order valence-corrected chi connectivity index (χ2v) is 9.48. The molecule has 0 aliphatic carbocycles. The number of thioether (sulfide) groups is 1. The summed E-state index contributed by atoms with van der Waals surface area (Å²) in [6.07, 6.45) is -1.26. The number of rotatable bonds is 5. The summed E-state index contributed by atoms with van der Waals surface area (Å²) in [6.45, 7) is -0.0297. The Hall–Kier alpha value is -1.89. The molecule has 2 aliphatic heterocycles. The van der Waals surface area contributed by atoms with Gasteiger partial charge in [-0.15, -0.1) is 4.52 Å². The molecule has 11 nitrogen and oxygen atoms in total. The van der Waals surface area contributed by atoms with E-state index in [1.807, 2.05) is 30.3 Å². The number of nitrogen functional groups attached to an aromatic ring is 1. The Morgan fingerprint density at radius 3 is 2.87 bits per heavy atom. The third-order valence-corrected chi connectivity index (χ3v) is 7.19. The van der Waals surface area contributed by atoms with Crippen molar-refractivity contribution in [1.82, 2.24) is 19.5 Å². The largest absolute Gasteiger partial charge is 0.570 e. The van der Waals surface area contributed by atoms with E-state index in [1.54, 1.807) is 4.57 Å². The van der Waals surface area contributed by atoms with E-state index >= 15 is 0 Å². The van der Waals surface area contributed by atoms with Crippen LogP contribution in [0.2, 0.25) is 0 Å². The molecule has 0 spiro atoms. The van der Waals surface area contributed by atoms with Crippen molar-refractivity contribution in [2.45, 2.75) is 35.4 Å². The highest BCUT2D eigenvalue weighted by Gasteiger charge is 2.60. The van der Waals surface area contributed by atoms with E-state index in [4.69, 9.17) is 24.3 Å². The van der Waals surface area contributed by atoms with Gasteiger partial charge in [0.1, 0.15) is 25.1 Å². The number of benzene rings is 1. The van der Waals surface area contributed by atoms with Gasteiger partial charge in [-0.2, -0.15) is 14.3 Å². The molecule has 13 heteroatoms. The van der Waals surface area contributed by atoms with Crippen LogP contribution in [0, 0.1) is 0 Å². The molecule has 4 heterocycles. The van der Waals surface area contributed by atoms with Gasteiger partial charge in [-0.3, -0.25) is 4.57 Å². The van der Waals surface area contributed by atoms with Gasteiger partial charge in [-0.25, -0.2) is 15.0 Å². The van der Waals surface area contributed by atoms with Crippen molar-refractivity contribution >= 4 is 36.9 Å². The number of hydrogen-bond donors (Lipinski definition) is 3. The molecule has 1 aromatic carbocycles. The molecule has 4 N–H and O–H groups in total. The third kappa shape index (κ3) is 3.90. The first-order valence-corrected chi connectivity index (χ1v) is 12.0. The summed E-state index contributed by atoms with van der Waals surface area (Å²) in [4.78, 5) is 32.8. The highest BCUT2D eigenvalue weighted by Crippen LogP contribution is 2.59. The van der Waals surface area contributed by atoms with Crippen LogP contribution in [0.4, 0.5) is 5.82 Å². The van der Waals surface area contributed by atoms with E-state index in [0.29, 0.717) is 22.1 Å². The zero-order chi connectivity index (χ0) is 21.6. The molecule has 0 saturated carbocycles. The summed E-state index contributed by atoms with van der Waals surface area (Å²) >= 11 is 1.50. The molecule has 2 fully saturated rings. The minimum Gasteiger partial charge on any atom is -0.382 e. The van der Waals surface area contributed by atoms with Gasteiger partial charge >= 0.3 is 8.17 Å². The van der Waals surface area contributed by atoms with Crippen molar-refractivity contribution < 1.29 is 28.3 Å². The van der Waals surface area contributed by atoms with Crippen molar-refractivity contribution in [3.8, 4) is 0 Å². The number of ether oxygens (including phenoxy) is 2. The van der Waals surface area contributed by atoms with Crippen LogP contribution >= 0.6 is 19.9 Å². The predicted molar refractivity (Wildman–Crippen MR) is 113 cm³/mol. The summed E-state index contributed by atoms with van der Waals surface area (Å²) in [7, 11) is -2.41. The number of anilines is 1. The van der Waals surface area contributed by atoms with Gasteiger partial charge in [0.25, 0.3) is 0 Å². The Kier molecular flexibility index (Phi) is 5.57. The van der Waals surface area contributed by atoms with Crippen LogP contribution in [0.5, 0.6) is 0 Å². The monoisotopic (exact) mass is 466 g/mol. The lowest BCUT2D eigenvalue weighted by molar-refractivity contribution is -0.0763. The number of hydrogen-bond acceptors (Lipinski definition) is 11. The van der Waals surface area contributed by atoms with Crippen LogP contribution < -0.4 is 5.73 Å². The van der Waals surface area contributed by atoms with Crippen molar-refractivity contribution in [1.29, 1.82) is 0 Å². The highest BCUT2D eigenvalue weighted by molar-refractivity contribution is 7.98. The number of fused-ring (bicyclic) bond motifs is 2. The highest BCUT2D eigenvalue weighted by atomic mass is 32.2. The summed E-state index contributed by atoms with van der Waals surface area (Å²) in [5.41, 5.74) is 8.12. The minimum atomic E-state index is -3.92. The Balaban J connectivity index is 1.54. The van der Waals surface area contributed by atoms with Crippen molar-refractivity contribution in [3.05, 3.63) is 42.2 Å². The van der Waals surface area contributed by atoms with Crippen molar-refractivity contribution in [2.24, 2.45) is 0 Å². The first kappa shape index (κ1) is 21.0. The first-order chi connectivity index (χ1) is 15.0. The molecule has 1 unspecified atom stereocenters. The second-order valence-electron chi connectivity index (χ2n) is 7.09. The van der Waals surface area contributed by atoms with Gasteiger partial charge in [0, 0.05) is 12.9 Å². The molecular weight excluding hydrogens is 445 g/mol. The van der Waals surface area contributed by atoms with Gasteiger partial charge in [0.2, 0.25) is 0 Å². The first-order valence-electron chi connectivity index (χ1n) is 9.48. The van der Waals surface area contributed by atoms with Crippen LogP contribution in [-0.2, 0) is 24.3 Å². The smallest absolute Gasteiger partial charge is 0.382 e. The lowest BCUT2D eigenvalue weighted by Gasteiger charge is -2.26. The Morgan fingerprint density at radius 2 is 2.10 bits per heavy atom. The van der Waals surface area contributed by atoms with E-state index in [2.05, 4.69) is 15.0 Å². The van der Waals surface area contributed by atoms with E-state index in [9.17, 15) is 9.79 Å². The SMILES string of the molecule is COC1[C@H]2O[P+](O)(O)OC[C@@H]2O[C@H]1n1c(SCc2ccccc2)nc2c(N)ncnc21. The summed E-state index contributed by atoms with van der Waals surface area (Å²) in [6, 6.07) is 9.98. The Labute approximate surface area is 182 Å². The second kappa shape index (κ2) is 8.23. The maximum absolute atomic E-state index is 9.88. The molecule has 5 rings (SSSR count). The van der Waals surface area contributed by atoms with Crippen LogP contribution in [-0.4, -0.2) is 61.3 Å². The number of nitrogens with zero attached hydrogens (tertiary/aromatic N) is 4. The van der Waals surface area contributed by atoms with Crippen LogP contribution in [0.15, 0.2) is 41.8 Å². The average Bonchev–Trinajstić information content (AvgIpc) is 3.30. The Bertz CT molecular complexity index is 1090. The number of imidazole rings is 1. The Morgan fingerprint density at radius 1 is 1.29 bits per heavy atom. The van der Waals surface area contributed by atoms with Gasteiger partial charge in [-0.1, -0.05) is 42.1 Å². The van der Waals surface area contributed by atoms with Crippen molar-refractivity contribution in [3.63, 3.8) is 0 Å². The van der Waals surface area contributed by atoms with Crippen molar-refractivity contribution in [2.75, 3.05) is 19.5 Å². The van der Waals surface area contributed by atoms with Gasteiger partial charge in [0.15, 0.2) is 34.5 Å². The minimum absolute atomic E-state index is 0.0297. The topological polar surface area (TPSA) is 147 Å². The molecule has 0 radical (unpaired) electrons. The molecule has 2 aliphatic rings. The van der Waals surface area contributed by atoms with E-state index in [1.165, 1.54) is 25.2 Å². The quantitative estimate of drug-likeness (QED) is 0.373. The molecular formula is C18H21N5O6PS+.